The van der Waals surface area contributed by atoms with E-state index in [9.17, 15) is 24.2 Å². The first-order valence-electron chi connectivity index (χ1n) is 8.16. The SMILES string of the molecule is C[C@H](COC(=O)[C@@H](N)Cc1ccc(O)c(O)c1)OC(=O)c1ccc(F)cc1. The van der Waals surface area contributed by atoms with Gasteiger partial charge in [0, 0.05) is 0 Å². The highest BCUT2D eigenvalue weighted by molar-refractivity contribution is 5.89. The Morgan fingerprint density at radius 1 is 1.11 bits per heavy atom. The number of aromatic hydroxyl groups is 2. The lowest BCUT2D eigenvalue weighted by Crippen LogP contribution is -2.36. The van der Waals surface area contributed by atoms with Crippen molar-refractivity contribution in [2.75, 3.05) is 6.61 Å². The van der Waals surface area contributed by atoms with Gasteiger partial charge in [0.15, 0.2) is 11.5 Å². The lowest BCUT2D eigenvalue weighted by Gasteiger charge is -2.16. The first kappa shape index (κ1) is 20.2. The highest BCUT2D eigenvalue weighted by atomic mass is 19.1. The van der Waals surface area contributed by atoms with Crippen molar-refractivity contribution in [2.45, 2.75) is 25.5 Å². The molecule has 0 saturated heterocycles. The third kappa shape index (κ3) is 5.96. The second-order valence-electron chi connectivity index (χ2n) is 5.99. The van der Waals surface area contributed by atoms with E-state index in [1.165, 1.54) is 37.3 Å². The fourth-order valence-electron chi connectivity index (χ4n) is 2.21. The summed E-state index contributed by atoms with van der Waals surface area (Å²) < 4.78 is 23.0. The Kier molecular flexibility index (Phi) is 6.73. The predicted octanol–water partition coefficient (Wildman–Crippen LogP) is 1.90. The third-order valence-electron chi connectivity index (χ3n) is 3.65. The average molecular weight is 377 g/mol. The molecule has 2 aromatic rings. The van der Waals surface area contributed by atoms with Crippen molar-refractivity contribution < 1.29 is 33.7 Å². The molecule has 0 fully saturated rings. The van der Waals surface area contributed by atoms with Gasteiger partial charge in [0.2, 0.25) is 0 Å². The number of phenolic OH excluding ortho intramolecular Hbond substituents is 2. The Labute approximate surface area is 155 Å². The summed E-state index contributed by atoms with van der Waals surface area (Å²) in [4.78, 5) is 23.8. The van der Waals surface area contributed by atoms with Gasteiger partial charge in [-0.2, -0.15) is 0 Å². The Morgan fingerprint density at radius 2 is 1.78 bits per heavy atom. The average Bonchev–Trinajstić information content (AvgIpc) is 2.63. The highest BCUT2D eigenvalue weighted by Gasteiger charge is 2.19. The lowest BCUT2D eigenvalue weighted by atomic mass is 10.1. The highest BCUT2D eigenvalue weighted by Crippen LogP contribution is 2.25. The van der Waals surface area contributed by atoms with E-state index in [4.69, 9.17) is 15.2 Å². The van der Waals surface area contributed by atoms with Gasteiger partial charge >= 0.3 is 11.9 Å². The van der Waals surface area contributed by atoms with Crippen LogP contribution in [0.15, 0.2) is 42.5 Å². The topological polar surface area (TPSA) is 119 Å². The molecule has 0 amide bonds. The number of carbonyl (C=O) groups excluding carboxylic acids is 2. The fourth-order valence-corrected chi connectivity index (χ4v) is 2.21. The van der Waals surface area contributed by atoms with Gasteiger partial charge in [-0.1, -0.05) is 6.07 Å². The molecule has 0 bridgehead atoms. The molecule has 7 nitrogen and oxygen atoms in total. The van der Waals surface area contributed by atoms with E-state index in [2.05, 4.69) is 0 Å². The molecule has 0 unspecified atom stereocenters. The van der Waals surface area contributed by atoms with Crippen molar-refractivity contribution in [3.05, 3.63) is 59.4 Å². The van der Waals surface area contributed by atoms with Crippen molar-refractivity contribution in [2.24, 2.45) is 5.73 Å². The molecule has 4 N–H and O–H groups in total. The first-order valence-corrected chi connectivity index (χ1v) is 8.16. The number of esters is 2. The second kappa shape index (κ2) is 9.00. The summed E-state index contributed by atoms with van der Waals surface area (Å²) in [5.41, 5.74) is 6.49. The van der Waals surface area contributed by atoms with Crippen LogP contribution in [-0.2, 0) is 20.7 Å². The zero-order valence-electron chi connectivity index (χ0n) is 14.6. The molecule has 144 valence electrons. The van der Waals surface area contributed by atoms with Crippen LogP contribution in [-0.4, -0.2) is 40.9 Å². The molecule has 0 heterocycles. The summed E-state index contributed by atoms with van der Waals surface area (Å²) in [6.07, 6.45) is -0.632. The van der Waals surface area contributed by atoms with Crippen LogP contribution in [0.25, 0.3) is 0 Å². The standard InChI is InChI=1S/C19H20FNO6/c1-11(27-18(24)13-3-5-14(20)6-4-13)10-26-19(25)15(21)8-12-2-7-16(22)17(23)9-12/h2-7,9,11,15,22-23H,8,10,21H2,1H3/t11-,15+/m1/s1. The van der Waals surface area contributed by atoms with E-state index in [-0.39, 0.29) is 30.1 Å². The maximum atomic E-state index is 12.8. The molecule has 2 aromatic carbocycles. The largest absolute Gasteiger partial charge is 0.504 e. The zero-order chi connectivity index (χ0) is 20.0. The Hall–Kier alpha value is -3.13. The van der Waals surface area contributed by atoms with Gasteiger partial charge in [-0.05, 0) is 55.3 Å². The number of halogens is 1. The number of phenols is 2. The smallest absolute Gasteiger partial charge is 0.338 e. The van der Waals surface area contributed by atoms with Crippen LogP contribution >= 0.6 is 0 Å². The van der Waals surface area contributed by atoms with E-state index in [0.29, 0.717) is 5.56 Å². The van der Waals surface area contributed by atoms with Crippen LogP contribution in [0, 0.1) is 5.82 Å². The molecule has 2 atom stereocenters. The zero-order valence-corrected chi connectivity index (χ0v) is 14.6. The number of nitrogens with two attached hydrogens (primary N) is 1. The summed E-state index contributed by atoms with van der Waals surface area (Å²) in [7, 11) is 0. The van der Waals surface area contributed by atoms with E-state index < -0.39 is 29.9 Å². The molecule has 0 spiro atoms. The van der Waals surface area contributed by atoms with Gasteiger partial charge in [0.1, 0.15) is 24.6 Å². The molecular weight excluding hydrogens is 357 g/mol. The molecule has 8 heteroatoms. The molecule has 0 radical (unpaired) electrons. The van der Waals surface area contributed by atoms with Crippen LogP contribution in [0.3, 0.4) is 0 Å². The number of hydrogen-bond acceptors (Lipinski definition) is 7. The maximum Gasteiger partial charge on any atom is 0.338 e. The summed E-state index contributed by atoms with van der Waals surface area (Å²) in [5, 5.41) is 18.7. The monoisotopic (exact) mass is 377 g/mol. The van der Waals surface area contributed by atoms with Gasteiger partial charge in [0.05, 0.1) is 5.56 Å². The van der Waals surface area contributed by atoms with Gasteiger partial charge < -0.3 is 25.4 Å². The number of ether oxygens (including phenoxy) is 2. The molecular formula is C19H20FNO6. The van der Waals surface area contributed by atoms with Crippen LogP contribution in [0.1, 0.15) is 22.8 Å². The second-order valence-corrected chi connectivity index (χ2v) is 5.99. The molecule has 0 aliphatic heterocycles. The first-order chi connectivity index (χ1) is 12.8. The van der Waals surface area contributed by atoms with Crippen LogP contribution in [0.2, 0.25) is 0 Å². The van der Waals surface area contributed by atoms with E-state index in [1.807, 2.05) is 0 Å². The van der Waals surface area contributed by atoms with Crippen LogP contribution < -0.4 is 5.73 Å². The van der Waals surface area contributed by atoms with E-state index >= 15 is 0 Å². The minimum Gasteiger partial charge on any atom is -0.504 e. The fraction of sp³-hybridized carbons (Fsp3) is 0.263. The number of benzene rings is 2. The third-order valence-corrected chi connectivity index (χ3v) is 3.65. The molecule has 0 aliphatic carbocycles. The lowest BCUT2D eigenvalue weighted by molar-refractivity contribution is -0.148. The molecule has 0 aromatic heterocycles. The Morgan fingerprint density at radius 3 is 2.41 bits per heavy atom. The van der Waals surface area contributed by atoms with Gasteiger partial charge in [-0.3, -0.25) is 4.79 Å². The quantitative estimate of drug-likeness (QED) is 0.498. The summed E-state index contributed by atoms with van der Waals surface area (Å²) in [5.74, 6) is -2.42. The predicted molar refractivity (Wildman–Crippen MR) is 93.7 cm³/mol. The molecule has 27 heavy (non-hydrogen) atoms. The van der Waals surface area contributed by atoms with Crippen molar-refractivity contribution in [1.29, 1.82) is 0 Å². The normalized spacial score (nSPS) is 12.9. The van der Waals surface area contributed by atoms with Gasteiger partial charge in [-0.15, -0.1) is 0 Å². The van der Waals surface area contributed by atoms with E-state index in [0.717, 1.165) is 12.1 Å². The van der Waals surface area contributed by atoms with Gasteiger partial charge in [0.25, 0.3) is 0 Å². The van der Waals surface area contributed by atoms with Crippen molar-refractivity contribution in [3.8, 4) is 11.5 Å². The summed E-state index contributed by atoms with van der Waals surface area (Å²) >= 11 is 0. The Bertz CT molecular complexity index is 808. The summed E-state index contributed by atoms with van der Waals surface area (Å²) in [6, 6.07) is 7.99. The molecule has 2 rings (SSSR count). The van der Waals surface area contributed by atoms with Crippen molar-refractivity contribution >= 4 is 11.9 Å². The van der Waals surface area contributed by atoms with Crippen LogP contribution in [0.5, 0.6) is 11.5 Å². The molecule has 0 saturated carbocycles. The minimum absolute atomic E-state index is 0.0937. The maximum absolute atomic E-state index is 12.8. The number of carbonyl (C=O) groups is 2. The van der Waals surface area contributed by atoms with Crippen molar-refractivity contribution in [1.82, 2.24) is 0 Å². The Balaban J connectivity index is 1.80. The minimum atomic E-state index is -0.992. The number of rotatable bonds is 7. The van der Waals surface area contributed by atoms with Gasteiger partial charge in [-0.25, -0.2) is 9.18 Å². The number of hydrogen-bond donors (Lipinski definition) is 3. The van der Waals surface area contributed by atoms with Crippen molar-refractivity contribution in [3.63, 3.8) is 0 Å². The molecule has 0 aliphatic rings. The van der Waals surface area contributed by atoms with Crippen LogP contribution in [0.4, 0.5) is 4.39 Å². The van der Waals surface area contributed by atoms with E-state index in [1.54, 1.807) is 0 Å². The summed E-state index contributed by atoms with van der Waals surface area (Å²) in [6.45, 7) is 1.35.